The largest absolute Gasteiger partial charge is 0.490 e. The minimum absolute atomic E-state index is 0.0487. The monoisotopic (exact) mass is 499 g/mol. The maximum Gasteiger partial charge on any atom is 0.419 e. The predicted molar refractivity (Wildman–Crippen MR) is 119 cm³/mol. The van der Waals surface area contributed by atoms with Crippen LogP contribution in [-0.2, 0) is 17.3 Å². The fourth-order valence-electron chi connectivity index (χ4n) is 3.11. The molecule has 0 saturated carbocycles. The van der Waals surface area contributed by atoms with E-state index in [9.17, 15) is 17.7 Å². The lowest BCUT2D eigenvalue weighted by Gasteiger charge is -2.16. The van der Waals surface area contributed by atoms with Gasteiger partial charge in [0, 0.05) is 17.7 Å². The van der Waals surface area contributed by atoms with Crippen molar-refractivity contribution in [1.82, 2.24) is 15.5 Å². The van der Waals surface area contributed by atoms with Crippen LogP contribution in [0, 0.1) is 0 Å². The standard InChI is InChI=1S/C22H25F3N3O5P/c1-14(2)32-19-9-8-17(12-18(19)22(23,24)25)21-27-20(28-33-21)16-6-4-15(5-7-16)13-26-10-3-11-34(29,30)31/h4-9,12,14,26H,3,10-11,13H2,1-2H3,(H2,29,30,31). The molecule has 3 rings (SSSR count). The van der Waals surface area contributed by atoms with E-state index >= 15 is 0 Å². The number of nitrogens with zero attached hydrogens (tertiary/aromatic N) is 2. The van der Waals surface area contributed by atoms with Crippen LogP contribution in [0.25, 0.3) is 22.8 Å². The molecule has 0 amide bonds. The molecule has 3 aromatic rings. The van der Waals surface area contributed by atoms with Crippen molar-refractivity contribution in [1.29, 1.82) is 0 Å². The minimum atomic E-state index is -4.61. The molecular weight excluding hydrogens is 474 g/mol. The molecule has 184 valence electrons. The van der Waals surface area contributed by atoms with Gasteiger partial charge in [-0.2, -0.15) is 18.2 Å². The Kier molecular flexibility index (Phi) is 8.14. The lowest BCUT2D eigenvalue weighted by Crippen LogP contribution is -2.15. The van der Waals surface area contributed by atoms with Crippen molar-refractivity contribution in [3.05, 3.63) is 53.6 Å². The van der Waals surface area contributed by atoms with E-state index in [0.717, 1.165) is 11.6 Å². The third-order valence-electron chi connectivity index (χ3n) is 4.66. The molecule has 8 nitrogen and oxygen atoms in total. The predicted octanol–water partition coefficient (Wildman–Crippen LogP) is 4.87. The Bertz CT molecular complexity index is 1140. The van der Waals surface area contributed by atoms with E-state index in [4.69, 9.17) is 19.0 Å². The quantitative estimate of drug-likeness (QED) is 0.267. The van der Waals surface area contributed by atoms with Gasteiger partial charge in [-0.05, 0) is 50.6 Å². The van der Waals surface area contributed by atoms with Gasteiger partial charge in [-0.3, -0.25) is 4.57 Å². The first-order valence-corrected chi connectivity index (χ1v) is 12.3. The molecule has 0 fully saturated rings. The van der Waals surface area contributed by atoms with Crippen LogP contribution < -0.4 is 10.1 Å². The number of nitrogens with one attached hydrogen (secondary N) is 1. The van der Waals surface area contributed by atoms with E-state index in [2.05, 4.69) is 15.5 Å². The Morgan fingerprint density at radius 1 is 1.12 bits per heavy atom. The van der Waals surface area contributed by atoms with E-state index in [-0.39, 0.29) is 29.2 Å². The number of aromatic nitrogens is 2. The number of hydrogen-bond donors (Lipinski definition) is 3. The highest BCUT2D eigenvalue weighted by Gasteiger charge is 2.35. The molecule has 34 heavy (non-hydrogen) atoms. The first kappa shape index (κ1) is 25.9. The smallest absolute Gasteiger partial charge is 0.419 e. The molecule has 3 N–H and O–H groups in total. The number of halogens is 3. The Hall–Kier alpha value is -2.72. The van der Waals surface area contributed by atoms with E-state index in [1.807, 2.05) is 12.1 Å². The van der Waals surface area contributed by atoms with E-state index in [1.54, 1.807) is 26.0 Å². The molecule has 12 heteroatoms. The average molecular weight is 499 g/mol. The van der Waals surface area contributed by atoms with Crippen molar-refractivity contribution in [2.24, 2.45) is 0 Å². The molecular formula is C22H25F3N3O5P. The molecule has 0 spiro atoms. The van der Waals surface area contributed by atoms with E-state index in [0.29, 0.717) is 25.1 Å². The zero-order valence-electron chi connectivity index (χ0n) is 18.5. The molecule has 1 aromatic heterocycles. The molecule has 0 aliphatic heterocycles. The van der Waals surface area contributed by atoms with Gasteiger partial charge >= 0.3 is 13.8 Å². The van der Waals surface area contributed by atoms with Gasteiger partial charge in [-0.1, -0.05) is 29.4 Å². The number of rotatable bonds is 10. The summed E-state index contributed by atoms with van der Waals surface area (Å²) in [7, 11) is -3.98. The van der Waals surface area contributed by atoms with Crippen LogP contribution in [-0.4, -0.2) is 38.7 Å². The van der Waals surface area contributed by atoms with Crippen LogP contribution in [0.5, 0.6) is 5.75 Å². The Labute approximate surface area is 194 Å². The minimum Gasteiger partial charge on any atom is -0.490 e. The summed E-state index contributed by atoms with van der Waals surface area (Å²) >= 11 is 0. The fraction of sp³-hybridized carbons (Fsp3) is 0.364. The second-order valence-electron chi connectivity index (χ2n) is 7.91. The molecule has 0 aliphatic rings. The fourth-order valence-corrected chi connectivity index (χ4v) is 3.68. The van der Waals surface area contributed by atoms with Crippen molar-refractivity contribution in [2.45, 2.75) is 39.1 Å². The van der Waals surface area contributed by atoms with E-state index < -0.39 is 25.4 Å². The third-order valence-corrected chi connectivity index (χ3v) is 5.56. The summed E-state index contributed by atoms with van der Waals surface area (Å²) in [5.41, 5.74) is 0.754. The summed E-state index contributed by atoms with van der Waals surface area (Å²) in [6, 6.07) is 10.7. The summed E-state index contributed by atoms with van der Waals surface area (Å²) in [5.74, 6) is -0.0865. The average Bonchev–Trinajstić information content (AvgIpc) is 3.22. The third kappa shape index (κ3) is 7.39. The summed E-state index contributed by atoms with van der Waals surface area (Å²) in [4.78, 5) is 21.9. The number of hydrogen-bond acceptors (Lipinski definition) is 6. The van der Waals surface area contributed by atoms with Gasteiger partial charge in [0.25, 0.3) is 5.89 Å². The van der Waals surface area contributed by atoms with Crippen LogP contribution in [0.4, 0.5) is 13.2 Å². The summed E-state index contributed by atoms with van der Waals surface area (Å²) in [6.07, 6.45) is -4.84. The molecule has 2 aromatic carbocycles. The molecule has 0 aliphatic carbocycles. The summed E-state index contributed by atoms with van der Waals surface area (Å²) in [6.45, 7) is 4.25. The first-order valence-electron chi connectivity index (χ1n) is 10.5. The first-order chi connectivity index (χ1) is 15.9. The van der Waals surface area contributed by atoms with Gasteiger partial charge in [0.05, 0.1) is 17.8 Å². The van der Waals surface area contributed by atoms with Gasteiger partial charge in [-0.25, -0.2) is 0 Å². The topological polar surface area (TPSA) is 118 Å². The van der Waals surface area contributed by atoms with Crippen LogP contribution in [0.2, 0.25) is 0 Å². The highest BCUT2D eigenvalue weighted by molar-refractivity contribution is 7.51. The van der Waals surface area contributed by atoms with Crippen molar-refractivity contribution in [3.8, 4) is 28.6 Å². The van der Waals surface area contributed by atoms with Crippen molar-refractivity contribution in [2.75, 3.05) is 12.7 Å². The van der Waals surface area contributed by atoms with Gasteiger partial charge in [-0.15, -0.1) is 0 Å². The second kappa shape index (κ2) is 10.7. The Morgan fingerprint density at radius 3 is 2.41 bits per heavy atom. The van der Waals surface area contributed by atoms with Crippen LogP contribution in [0.3, 0.4) is 0 Å². The zero-order chi connectivity index (χ0) is 24.9. The SMILES string of the molecule is CC(C)Oc1ccc(-c2nc(-c3ccc(CNCCCP(=O)(O)O)cc3)no2)cc1C(F)(F)F. The molecule has 0 atom stereocenters. The lowest BCUT2D eigenvalue weighted by atomic mass is 10.1. The van der Waals surface area contributed by atoms with Gasteiger partial charge in [0.2, 0.25) is 5.82 Å². The Morgan fingerprint density at radius 2 is 1.79 bits per heavy atom. The zero-order valence-corrected chi connectivity index (χ0v) is 19.4. The number of benzene rings is 2. The van der Waals surface area contributed by atoms with Gasteiger partial charge < -0.3 is 24.4 Å². The summed E-state index contributed by atoms with van der Waals surface area (Å²) < 4.78 is 61.8. The molecule has 0 radical (unpaired) electrons. The van der Waals surface area contributed by atoms with Crippen molar-refractivity contribution >= 4 is 7.60 Å². The molecule has 1 heterocycles. The number of alkyl halides is 3. The molecule has 0 bridgehead atoms. The maximum atomic E-state index is 13.5. The summed E-state index contributed by atoms with van der Waals surface area (Å²) in [5, 5.41) is 6.97. The van der Waals surface area contributed by atoms with Gasteiger partial charge in [0.15, 0.2) is 0 Å². The van der Waals surface area contributed by atoms with Crippen LogP contribution in [0.15, 0.2) is 47.0 Å². The molecule has 0 unspecified atom stereocenters. The van der Waals surface area contributed by atoms with Crippen molar-refractivity contribution in [3.63, 3.8) is 0 Å². The normalized spacial score (nSPS) is 12.4. The van der Waals surface area contributed by atoms with Gasteiger partial charge in [0.1, 0.15) is 5.75 Å². The van der Waals surface area contributed by atoms with E-state index in [1.165, 1.54) is 12.1 Å². The number of ether oxygens (including phenoxy) is 1. The van der Waals surface area contributed by atoms with Crippen LogP contribution in [0.1, 0.15) is 31.4 Å². The Balaban J connectivity index is 1.69. The second-order valence-corrected chi connectivity index (χ2v) is 9.69. The molecule has 0 saturated heterocycles. The highest BCUT2D eigenvalue weighted by Crippen LogP contribution is 2.39. The van der Waals surface area contributed by atoms with Crippen molar-refractivity contribution < 1.29 is 36.8 Å². The van der Waals surface area contributed by atoms with Crippen LogP contribution >= 0.6 is 7.60 Å². The highest BCUT2D eigenvalue weighted by atomic mass is 31.2. The lowest BCUT2D eigenvalue weighted by molar-refractivity contribution is -0.139. The maximum absolute atomic E-state index is 13.5.